The van der Waals surface area contributed by atoms with Crippen molar-refractivity contribution in [3.05, 3.63) is 0 Å². The van der Waals surface area contributed by atoms with E-state index in [4.69, 9.17) is 4.55 Å². The van der Waals surface area contributed by atoms with Crippen molar-refractivity contribution >= 4 is 20.7 Å². The zero-order valence-electron chi connectivity index (χ0n) is 13.0. The molecule has 0 bridgehead atoms. The first-order valence-electron chi connectivity index (χ1n) is 6.13. The van der Waals surface area contributed by atoms with Gasteiger partial charge in [-0.3, -0.25) is 4.55 Å². The molecule has 0 rings (SSSR count). The molecule has 0 saturated heterocycles. The summed E-state index contributed by atoms with van der Waals surface area (Å²) in [6, 6.07) is 0. The predicted octanol–water partition coefficient (Wildman–Crippen LogP) is 2.26. The van der Waals surface area contributed by atoms with Gasteiger partial charge in [-0.05, 0) is 23.7 Å². The normalized spacial score (nSPS) is 13.6. The SMILES string of the molecule is CC(C)(C)CCCC(C)(C)C.NS(=O)(=O)OS(=O)(=O)O. The largest absolute Gasteiger partial charge is 0.413 e. The van der Waals surface area contributed by atoms with E-state index in [1.807, 2.05) is 0 Å². The average molecular weight is 333 g/mol. The van der Waals surface area contributed by atoms with Crippen molar-refractivity contribution in [3.63, 3.8) is 0 Å². The van der Waals surface area contributed by atoms with Gasteiger partial charge in [0.15, 0.2) is 0 Å². The van der Waals surface area contributed by atoms with Gasteiger partial charge in [-0.1, -0.05) is 48.0 Å². The Morgan fingerprint density at radius 1 is 0.900 bits per heavy atom. The Balaban J connectivity index is 0. The highest BCUT2D eigenvalue weighted by Gasteiger charge is 2.14. The first-order valence-corrected chi connectivity index (χ1v) is 8.96. The molecule has 0 aliphatic heterocycles. The monoisotopic (exact) mass is 333 g/mol. The maximum Gasteiger partial charge on any atom is 0.413 e. The summed E-state index contributed by atoms with van der Waals surface area (Å²) in [4.78, 5) is 0. The molecule has 7 nitrogen and oxygen atoms in total. The molecule has 3 N–H and O–H groups in total. The molecule has 0 radical (unpaired) electrons. The van der Waals surface area contributed by atoms with Crippen LogP contribution in [-0.4, -0.2) is 21.4 Å². The van der Waals surface area contributed by atoms with Gasteiger partial charge in [0.25, 0.3) is 0 Å². The molecule has 0 aromatic heterocycles. The Labute approximate surface area is 123 Å². The predicted molar refractivity (Wildman–Crippen MR) is 78.5 cm³/mol. The summed E-state index contributed by atoms with van der Waals surface area (Å²) < 4.78 is 48.9. The van der Waals surface area contributed by atoms with Crippen LogP contribution in [0.15, 0.2) is 0 Å². The molecule has 124 valence electrons. The summed E-state index contributed by atoms with van der Waals surface area (Å²) in [6.45, 7) is 13.9. The third-order valence-corrected chi connectivity index (χ3v) is 3.48. The molecule has 0 aromatic carbocycles. The second-order valence-electron chi connectivity index (χ2n) is 6.96. The average Bonchev–Trinajstić information content (AvgIpc) is 1.90. The summed E-state index contributed by atoms with van der Waals surface area (Å²) in [5, 5.41) is 4.03. The van der Waals surface area contributed by atoms with Crippen molar-refractivity contribution in [3.8, 4) is 0 Å². The fourth-order valence-electron chi connectivity index (χ4n) is 1.27. The van der Waals surface area contributed by atoms with Gasteiger partial charge in [0, 0.05) is 0 Å². The van der Waals surface area contributed by atoms with Crippen molar-refractivity contribution in [1.82, 2.24) is 0 Å². The van der Waals surface area contributed by atoms with Crippen LogP contribution in [0.2, 0.25) is 0 Å². The summed E-state index contributed by atoms with van der Waals surface area (Å²) in [5.74, 6) is 0. The lowest BCUT2D eigenvalue weighted by Gasteiger charge is -2.22. The lowest BCUT2D eigenvalue weighted by molar-refractivity contribution is 0.301. The summed E-state index contributed by atoms with van der Waals surface area (Å²) >= 11 is 0. The number of hydrogen-bond donors (Lipinski definition) is 2. The zero-order chi connectivity index (χ0) is 16.8. The second-order valence-corrected chi connectivity index (χ2v) is 9.35. The van der Waals surface area contributed by atoms with Gasteiger partial charge in [-0.2, -0.15) is 16.8 Å². The van der Waals surface area contributed by atoms with E-state index in [0.717, 1.165) is 0 Å². The highest BCUT2D eigenvalue weighted by molar-refractivity contribution is 7.96. The van der Waals surface area contributed by atoms with Crippen LogP contribution in [0.4, 0.5) is 0 Å². The highest BCUT2D eigenvalue weighted by atomic mass is 32.3. The maximum atomic E-state index is 9.66. The van der Waals surface area contributed by atoms with Gasteiger partial charge in [0.2, 0.25) is 0 Å². The van der Waals surface area contributed by atoms with E-state index in [0.29, 0.717) is 10.8 Å². The lowest BCUT2D eigenvalue weighted by atomic mass is 9.84. The van der Waals surface area contributed by atoms with Crippen LogP contribution in [0.5, 0.6) is 0 Å². The van der Waals surface area contributed by atoms with Crippen LogP contribution in [0.1, 0.15) is 60.8 Å². The molecule has 9 heteroatoms. The van der Waals surface area contributed by atoms with Crippen molar-refractivity contribution in [2.75, 3.05) is 0 Å². The molecular formula is C11H27NO6S2. The molecule has 0 fully saturated rings. The minimum Gasteiger partial charge on any atom is -0.263 e. The van der Waals surface area contributed by atoms with Gasteiger partial charge < -0.3 is 0 Å². The summed E-state index contributed by atoms with van der Waals surface area (Å²) in [5.41, 5.74) is 1.04. The van der Waals surface area contributed by atoms with E-state index in [-0.39, 0.29) is 0 Å². The minimum absolute atomic E-state index is 0.519. The van der Waals surface area contributed by atoms with E-state index in [2.05, 4.69) is 50.3 Å². The number of hydrogen-bond acceptors (Lipinski definition) is 5. The molecule has 0 saturated carbocycles. The molecular weight excluding hydrogens is 306 g/mol. The van der Waals surface area contributed by atoms with Crippen molar-refractivity contribution < 1.29 is 25.0 Å². The van der Waals surface area contributed by atoms with Gasteiger partial charge in [-0.15, -0.1) is 3.63 Å². The topological polar surface area (TPSA) is 124 Å². The van der Waals surface area contributed by atoms with Gasteiger partial charge in [-0.25, -0.2) is 5.14 Å². The molecule has 0 amide bonds. The molecule has 0 aliphatic carbocycles. The van der Waals surface area contributed by atoms with Gasteiger partial charge >= 0.3 is 20.7 Å². The van der Waals surface area contributed by atoms with Crippen molar-refractivity contribution in [1.29, 1.82) is 0 Å². The molecule has 0 spiro atoms. The van der Waals surface area contributed by atoms with Crippen LogP contribution in [0, 0.1) is 10.8 Å². The number of nitrogens with two attached hydrogens (primary N) is 1. The maximum absolute atomic E-state index is 9.66. The first kappa shape index (κ1) is 22.1. The molecule has 0 aliphatic rings. The van der Waals surface area contributed by atoms with Crippen LogP contribution in [-0.2, 0) is 24.3 Å². The molecule has 0 aromatic rings. The second kappa shape index (κ2) is 7.69. The van der Waals surface area contributed by atoms with Gasteiger partial charge in [0.1, 0.15) is 0 Å². The molecule has 0 atom stereocenters. The standard InChI is InChI=1S/C11H24.H3NO6S2/c1-10(2,3)8-7-9-11(4,5)6;1-8(2,3)7-9(4,5)6/h7-9H2,1-6H3;(H2,1,2,3)(H,4,5,6). The van der Waals surface area contributed by atoms with E-state index in [1.54, 1.807) is 0 Å². The third kappa shape index (κ3) is 26.4. The lowest BCUT2D eigenvalue weighted by Crippen LogP contribution is -2.19. The summed E-state index contributed by atoms with van der Waals surface area (Å²) in [7, 11) is -9.61. The molecule has 0 heterocycles. The van der Waals surface area contributed by atoms with Gasteiger partial charge in [0.05, 0.1) is 0 Å². The van der Waals surface area contributed by atoms with Crippen molar-refractivity contribution in [2.24, 2.45) is 16.0 Å². The van der Waals surface area contributed by atoms with Crippen LogP contribution in [0.25, 0.3) is 0 Å². The van der Waals surface area contributed by atoms with Crippen molar-refractivity contribution in [2.45, 2.75) is 60.8 Å². The van der Waals surface area contributed by atoms with Crippen LogP contribution in [0.3, 0.4) is 0 Å². The van der Waals surface area contributed by atoms with E-state index in [9.17, 15) is 16.8 Å². The van der Waals surface area contributed by atoms with Crippen LogP contribution < -0.4 is 5.14 Å². The molecule has 0 unspecified atom stereocenters. The first-order chi connectivity index (χ1) is 8.41. The Kier molecular flexibility index (Phi) is 8.49. The Bertz CT molecular complexity index is 424. The van der Waals surface area contributed by atoms with Crippen LogP contribution >= 0.6 is 0 Å². The smallest absolute Gasteiger partial charge is 0.263 e. The quantitative estimate of drug-likeness (QED) is 0.760. The summed E-state index contributed by atoms with van der Waals surface area (Å²) in [6.07, 6.45) is 4.07. The van der Waals surface area contributed by atoms with E-state index < -0.39 is 20.7 Å². The fraction of sp³-hybridized carbons (Fsp3) is 1.00. The molecule has 20 heavy (non-hydrogen) atoms. The van der Waals surface area contributed by atoms with E-state index in [1.165, 1.54) is 19.3 Å². The Hall–Kier alpha value is -0.220. The minimum atomic E-state index is -4.99. The number of rotatable bonds is 4. The Morgan fingerprint density at radius 2 is 1.20 bits per heavy atom. The highest BCUT2D eigenvalue weighted by Crippen LogP contribution is 2.27. The Morgan fingerprint density at radius 3 is 1.30 bits per heavy atom. The third-order valence-electron chi connectivity index (χ3n) is 2.03. The van der Waals surface area contributed by atoms with E-state index >= 15 is 0 Å². The fourth-order valence-corrected chi connectivity index (χ4v) is 2.23. The zero-order valence-corrected chi connectivity index (χ0v) is 14.6.